The molecule has 2 aromatic carbocycles. The van der Waals surface area contributed by atoms with E-state index < -0.39 is 0 Å². The number of methoxy groups -OCH3 is 1. The largest absolute Gasteiger partial charge is 0.497 e. The van der Waals surface area contributed by atoms with Crippen LogP contribution in [0.3, 0.4) is 0 Å². The summed E-state index contributed by atoms with van der Waals surface area (Å²) in [6.45, 7) is 3.01. The molecule has 0 aliphatic carbocycles. The molecule has 0 bridgehead atoms. The molecule has 1 aliphatic heterocycles. The maximum absolute atomic E-state index is 12.7. The first kappa shape index (κ1) is 20.5. The Morgan fingerprint density at radius 2 is 1.97 bits per heavy atom. The van der Waals surface area contributed by atoms with Crippen LogP contribution in [0.5, 0.6) is 5.75 Å². The van der Waals surface area contributed by atoms with Gasteiger partial charge < -0.3 is 19.9 Å². The highest BCUT2D eigenvalue weighted by atomic mass is 35.5. The van der Waals surface area contributed by atoms with Crippen LogP contribution in [0.1, 0.15) is 5.69 Å². The van der Waals surface area contributed by atoms with E-state index in [2.05, 4.69) is 21.3 Å². The third-order valence-corrected chi connectivity index (χ3v) is 6.05. The lowest BCUT2D eigenvalue weighted by molar-refractivity contribution is -0.130. The molecule has 1 aromatic heterocycles. The van der Waals surface area contributed by atoms with Gasteiger partial charge in [-0.3, -0.25) is 4.79 Å². The van der Waals surface area contributed by atoms with Crippen molar-refractivity contribution in [2.45, 2.75) is 6.42 Å². The first-order valence-electron chi connectivity index (χ1n) is 9.74. The zero-order valence-electron chi connectivity index (χ0n) is 16.7. The molecule has 0 radical (unpaired) electrons. The summed E-state index contributed by atoms with van der Waals surface area (Å²) < 4.78 is 5.31. The van der Waals surface area contributed by atoms with Crippen LogP contribution in [-0.4, -0.2) is 49.1 Å². The Kier molecular flexibility index (Phi) is 6.40. The summed E-state index contributed by atoms with van der Waals surface area (Å²) in [5, 5.41) is 6.58. The maximum atomic E-state index is 12.7. The Hall–Kier alpha value is -2.77. The van der Waals surface area contributed by atoms with Gasteiger partial charge in [-0.2, -0.15) is 0 Å². The third kappa shape index (κ3) is 5.04. The van der Waals surface area contributed by atoms with E-state index in [0.29, 0.717) is 24.5 Å². The van der Waals surface area contributed by atoms with Crippen LogP contribution in [0.4, 0.5) is 16.5 Å². The van der Waals surface area contributed by atoms with E-state index in [1.807, 2.05) is 52.7 Å². The lowest BCUT2D eigenvalue weighted by atomic mass is 10.2. The van der Waals surface area contributed by atoms with Gasteiger partial charge in [-0.05, 0) is 30.3 Å². The van der Waals surface area contributed by atoms with Gasteiger partial charge in [0, 0.05) is 54.0 Å². The second-order valence-electron chi connectivity index (χ2n) is 7.03. The van der Waals surface area contributed by atoms with E-state index in [4.69, 9.17) is 16.3 Å². The van der Waals surface area contributed by atoms with Gasteiger partial charge in [0.25, 0.3) is 0 Å². The molecule has 0 atom stereocenters. The number of benzene rings is 2. The van der Waals surface area contributed by atoms with E-state index in [1.165, 1.54) is 11.3 Å². The zero-order valence-corrected chi connectivity index (χ0v) is 18.2. The van der Waals surface area contributed by atoms with Crippen molar-refractivity contribution in [1.82, 2.24) is 9.88 Å². The molecule has 8 heteroatoms. The van der Waals surface area contributed by atoms with Crippen LogP contribution in [0.2, 0.25) is 5.02 Å². The van der Waals surface area contributed by atoms with E-state index in [1.54, 1.807) is 7.11 Å². The number of thiazole rings is 1. The Labute approximate surface area is 185 Å². The zero-order chi connectivity index (χ0) is 20.9. The van der Waals surface area contributed by atoms with Crippen LogP contribution >= 0.6 is 22.9 Å². The van der Waals surface area contributed by atoms with Gasteiger partial charge in [-0.15, -0.1) is 11.3 Å². The number of hydrogen-bond acceptors (Lipinski definition) is 6. The molecule has 1 N–H and O–H groups in total. The Morgan fingerprint density at radius 3 is 2.73 bits per heavy atom. The van der Waals surface area contributed by atoms with E-state index in [9.17, 15) is 4.79 Å². The molecule has 1 saturated heterocycles. The lowest BCUT2D eigenvalue weighted by Crippen LogP contribution is -2.49. The monoisotopic (exact) mass is 442 g/mol. The second kappa shape index (κ2) is 9.36. The molecule has 3 aromatic rings. The summed E-state index contributed by atoms with van der Waals surface area (Å²) >= 11 is 7.50. The highest BCUT2D eigenvalue weighted by Gasteiger charge is 2.22. The first-order chi connectivity index (χ1) is 14.6. The van der Waals surface area contributed by atoms with Crippen molar-refractivity contribution in [1.29, 1.82) is 0 Å². The standard InChI is InChI=1S/C22H23ClN4O2S/c1-29-20-7-3-6-19(14-20)26-8-10-27(11-9-26)21(28)13-18-15-30-22(25-18)24-17-5-2-4-16(23)12-17/h2-7,12,14-15H,8-11,13H2,1H3,(H,24,25). The average molecular weight is 443 g/mol. The lowest BCUT2D eigenvalue weighted by Gasteiger charge is -2.36. The highest BCUT2D eigenvalue weighted by molar-refractivity contribution is 7.13. The smallest absolute Gasteiger partial charge is 0.228 e. The summed E-state index contributed by atoms with van der Waals surface area (Å²) in [6, 6.07) is 15.5. The molecule has 156 valence electrons. The van der Waals surface area contributed by atoms with Crippen LogP contribution in [0.15, 0.2) is 53.9 Å². The van der Waals surface area contributed by atoms with Crippen LogP contribution in [-0.2, 0) is 11.2 Å². The van der Waals surface area contributed by atoms with E-state index in [-0.39, 0.29) is 5.91 Å². The van der Waals surface area contributed by atoms with Crippen LogP contribution < -0.4 is 15.0 Å². The predicted octanol–water partition coefficient (Wildman–Crippen LogP) is 4.44. The number of aromatic nitrogens is 1. The van der Waals surface area contributed by atoms with E-state index >= 15 is 0 Å². The van der Waals surface area contributed by atoms with Gasteiger partial charge in [-0.25, -0.2) is 4.98 Å². The number of hydrogen-bond donors (Lipinski definition) is 1. The highest BCUT2D eigenvalue weighted by Crippen LogP contribution is 2.24. The number of nitrogens with one attached hydrogen (secondary N) is 1. The fraction of sp³-hybridized carbons (Fsp3) is 0.273. The number of halogens is 1. The predicted molar refractivity (Wildman–Crippen MR) is 122 cm³/mol. The number of rotatable bonds is 6. The summed E-state index contributed by atoms with van der Waals surface area (Å²) in [4.78, 5) is 21.5. The Balaban J connectivity index is 1.30. The molecule has 1 aliphatic rings. The normalized spacial score (nSPS) is 13.9. The number of carbonyl (C=O) groups excluding carboxylic acids is 1. The van der Waals surface area contributed by atoms with Crippen molar-refractivity contribution < 1.29 is 9.53 Å². The summed E-state index contributed by atoms with van der Waals surface area (Å²) in [7, 11) is 1.67. The summed E-state index contributed by atoms with van der Waals surface area (Å²) in [6.07, 6.45) is 0.312. The molecule has 2 heterocycles. The SMILES string of the molecule is COc1cccc(N2CCN(C(=O)Cc3csc(Nc4cccc(Cl)c4)n3)CC2)c1. The minimum Gasteiger partial charge on any atom is -0.497 e. The van der Waals surface area contributed by atoms with Crippen molar-refractivity contribution in [2.24, 2.45) is 0 Å². The maximum Gasteiger partial charge on any atom is 0.228 e. The molecule has 1 fully saturated rings. The Morgan fingerprint density at radius 1 is 1.17 bits per heavy atom. The molecule has 4 rings (SSSR count). The number of anilines is 3. The van der Waals surface area contributed by atoms with Gasteiger partial charge in [0.2, 0.25) is 5.91 Å². The first-order valence-corrected chi connectivity index (χ1v) is 11.0. The summed E-state index contributed by atoms with van der Waals surface area (Å²) in [5.74, 6) is 0.955. The fourth-order valence-corrected chi connectivity index (χ4v) is 4.34. The van der Waals surface area contributed by atoms with Crippen molar-refractivity contribution in [3.63, 3.8) is 0 Å². The van der Waals surface area contributed by atoms with Gasteiger partial charge in [0.15, 0.2) is 5.13 Å². The number of ether oxygens (including phenoxy) is 1. The molecule has 1 amide bonds. The van der Waals surface area contributed by atoms with Crippen molar-refractivity contribution in [3.8, 4) is 5.75 Å². The number of amides is 1. The van der Waals surface area contributed by atoms with E-state index in [0.717, 1.165) is 41.0 Å². The van der Waals surface area contributed by atoms with Crippen molar-refractivity contribution >= 4 is 45.4 Å². The van der Waals surface area contributed by atoms with Gasteiger partial charge in [-0.1, -0.05) is 23.7 Å². The molecule has 30 heavy (non-hydrogen) atoms. The number of carbonyl (C=O) groups is 1. The molecule has 0 saturated carbocycles. The molecular weight excluding hydrogens is 420 g/mol. The van der Waals surface area contributed by atoms with Crippen molar-refractivity contribution in [3.05, 3.63) is 64.6 Å². The quantitative estimate of drug-likeness (QED) is 0.611. The van der Waals surface area contributed by atoms with Gasteiger partial charge >= 0.3 is 0 Å². The second-order valence-corrected chi connectivity index (χ2v) is 8.32. The van der Waals surface area contributed by atoms with Crippen LogP contribution in [0, 0.1) is 0 Å². The van der Waals surface area contributed by atoms with Gasteiger partial charge in [0.05, 0.1) is 19.2 Å². The molecule has 0 spiro atoms. The molecule has 6 nitrogen and oxygen atoms in total. The minimum atomic E-state index is 0.111. The molecular formula is C22H23ClN4O2S. The third-order valence-electron chi connectivity index (χ3n) is 5.01. The van der Waals surface area contributed by atoms with Crippen molar-refractivity contribution in [2.75, 3.05) is 43.5 Å². The van der Waals surface area contributed by atoms with Crippen LogP contribution in [0.25, 0.3) is 0 Å². The molecule has 0 unspecified atom stereocenters. The number of piperazine rings is 1. The topological polar surface area (TPSA) is 57.7 Å². The number of nitrogens with zero attached hydrogens (tertiary/aromatic N) is 3. The van der Waals surface area contributed by atoms with Gasteiger partial charge in [0.1, 0.15) is 5.75 Å². The average Bonchev–Trinajstić information content (AvgIpc) is 3.20. The summed E-state index contributed by atoms with van der Waals surface area (Å²) in [5.41, 5.74) is 2.78. The minimum absolute atomic E-state index is 0.111. The Bertz CT molecular complexity index is 1020. The fourth-order valence-electron chi connectivity index (χ4n) is 3.42.